The third kappa shape index (κ3) is 9.04. The Labute approximate surface area is 240 Å². The second kappa shape index (κ2) is 14.5. The highest BCUT2D eigenvalue weighted by atomic mass is 32.2. The van der Waals surface area contributed by atoms with E-state index in [9.17, 15) is 34.0 Å². The maximum Gasteiger partial charge on any atom is 0.406 e. The average Bonchev–Trinajstić information content (AvgIpc) is 3.15. The van der Waals surface area contributed by atoms with Gasteiger partial charge in [0.15, 0.2) is 17.5 Å². The molecule has 0 saturated carbocycles. The Morgan fingerprint density at radius 1 is 1.32 bits per heavy atom. The van der Waals surface area contributed by atoms with Gasteiger partial charge in [0.25, 0.3) is 5.56 Å². The number of hydrogen-bond donors (Lipinski definition) is 4. The number of hydrogen-bond acceptors (Lipinski definition) is 12. The topological polar surface area (TPSA) is 195 Å². The van der Waals surface area contributed by atoms with Crippen LogP contribution in [0.5, 0.6) is 0 Å². The molecule has 0 spiro atoms. The minimum Gasteiger partial charge on any atom is -0.462 e. The largest absolute Gasteiger partial charge is 0.462 e. The van der Waals surface area contributed by atoms with Crippen LogP contribution in [0.2, 0.25) is 0 Å². The number of rotatable bonds is 15. The summed E-state index contributed by atoms with van der Waals surface area (Å²) in [7, 11) is -4.40. The van der Waals surface area contributed by atoms with E-state index in [0.717, 1.165) is 28.6 Å². The molecule has 0 radical (unpaired) electrons. The summed E-state index contributed by atoms with van der Waals surface area (Å²) in [6, 6.07) is -0.195. The lowest BCUT2D eigenvalue weighted by molar-refractivity contribution is -0.149. The van der Waals surface area contributed by atoms with Crippen molar-refractivity contribution in [3.8, 4) is 0 Å². The summed E-state index contributed by atoms with van der Waals surface area (Å²) in [6.45, 7) is 7.91. The van der Waals surface area contributed by atoms with Gasteiger partial charge in [0.1, 0.15) is 17.7 Å². The van der Waals surface area contributed by atoms with Crippen LogP contribution in [-0.2, 0) is 32.7 Å². The summed E-state index contributed by atoms with van der Waals surface area (Å²) < 4.78 is 51.6. The first-order chi connectivity index (χ1) is 19.0. The Morgan fingerprint density at radius 3 is 2.54 bits per heavy atom. The Morgan fingerprint density at radius 2 is 1.98 bits per heavy atom. The van der Waals surface area contributed by atoms with Gasteiger partial charge in [0.05, 0.1) is 31.3 Å². The molecule has 1 aliphatic rings. The van der Waals surface area contributed by atoms with Gasteiger partial charge < -0.3 is 19.7 Å². The van der Waals surface area contributed by atoms with Crippen molar-refractivity contribution in [1.29, 1.82) is 0 Å². The van der Waals surface area contributed by atoms with Crippen LogP contribution in [0.15, 0.2) is 21.9 Å². The number of thioether (sulfide) groups is 1. The van der Waals surface area contributed by atoms with Crippen molar-refractivity contribution < 1.29 is 47.3 Å². The molecule has 0 bridgehead atoms. The number of aromatic nitrogens is 2. The van der Waals surface area contributed by atoms with Gasteiger partial charge in [-0.05, 0) is 41.0 Å². The molecule has 2 rings (SSSR count). The number of halogens is 1. The quantitative estimate of drug-likeness (QED) is 0.123. The van der Waals surface area contributed by atoms with E-state index >= 15 is 4.39 Å². The molecular weight excluding hydrogens is 588 g/mol. The second-order valence-electron chi connectivity index (χ2n) is 10.5. The molecule has 41 heavy (non-hydrogen) atoms. The minimum atomic E-state index is -4.40. The molecule has 1 aromatic rings. The number of carbonyl (C=O) groups is 2. The summed E-state index contributed by atoms with van der Waals surface area (Å²) in [5, 5.41) is 22.3. The number of aromatic amines is 1. The molecule has 1 fully saturated rings. The van der Waals surface area contributed by atoms with Crippen LogP contribution in [0.25, 0.3) is 0 Å². The highest BCUT2D eigenvalue weighted by Gasteiger charge is 2.56. The third-order valence-electron chi connectivity index (χ3n) is 6.25. The van der Waals surface area contributed by atoms with E-state index in [2.05, 4.69) is 5.09 Å². The summed E-state index contributed by atoms with van der Waals surface area (Å²) in [4.78, 5) is 50.3. The predicted octanol–water partition coefficient (Wildman–Crippen LogP) is 1.26. The van der Waals surface area contributed by atoms with Crippen molar-refractivity contribution in [3.05, 3.63) is 33.1 Å². The fourth-order valence-corrected chi connectivity index (χ4v) is 6.11. The van der Waals surface area contributed by atoms with Gasteiger partial charge in [-0.2, -0.15) is 0 Å². The predicted molar refractivity (Wildman–Crippen MR) is 147 cm³/mol. The zero-order chi connectivity index (χ0) is 31.2. The fourth-order valence-electron chi connectivity index (χ4n) is 3.66. The van der Waals surface area contributed by atoms with Crippen molar-refractivity contribution in [1.82, 2.24) is 14.6 Å². The zero-order valence-electron chi connectivity index (χ0n) is 23.8. The highest BCUT2D eigenvalue weighted by molar-refractivity contribution is 8.13. The van der Waals surface area contributed by atoms with E-state index in [1.807, 2.05) is 4.98 Å². The number of alkyl halides is 1. The summed E-state index contributed by atoms with van der Waals surface area (Å²) in [5.74, 6) is -0.741. The van der Waals surface area contributed by atoms with Crippen LogP contribution in [0.1, 0.15) is 54.2 Å². The maximum absolute atomic E-state index is 15.2. The summed E-state index contributed by atoms with van der Waals surface area (Å²) >= 11 is 0.838. The number of nitrogens with zero attached hydrogens (tertiary/aromatic N) is 1. The number of aliphatic hydroxyl groups excluding tert-OH is 2. The van der Waals surface area contributed by atoms with Crippen LogP contribution < -0.4 is 16.3 Å². The molecule has 1 saturated heterocycles. The molecular formula is C24H39FN3O11PS. The molecule has 234 valence electrons. The standard InChI is InChI=1S/C24H39FN3O11PS/c1-7-24(18(31)17(25)19(39-24)28-9-8-16(30)26-22(28)34)13-37-40(35,27-15(4)20(32)38-14(2)3)36-10-11-41-21(33)23(5,6)12-29/h8-9,14-15,17-19,29,31H,7,10-13H2,1-6H3,(H,27,35)(H,26,30,34)/t15?,17-,18+,19-,24-,40?/m1/s1. The van der Waals surface area contributed by atoms with Gasteiger partial charge in [-0.15, -0.1) is 0 Å². The smallest absolute Gasteiger partial charge is 0.406 e. The first-order valence-corrected chi connectivity index (χ1v) is 15.5. The number of nitrogens with one attached hydrogen (secondary N) is 2. The van der Waals surface area contributed by atoms with E-state index in [4.69, 9.17) is 18.5 Å². The molecule has 6 atom stereocenters. The molecule has 2 heterocycles. The van der Waals surface area contributed by atoms with Gasteiger partial charge in [-0.1, -0.05) is 18.7 Å². The number of carbonyl (C=O) groups excluding carboxylic acids is 2. The number of ether oxygens (including phenoxy) is 2. The van der Waals surface area contributed by atoms with Crippen LogP contribution >= 0.6 is 19.5 Å². The third-order valence-corrected chi connectivity index (χ3v) is 9.13. The number of aliphatic hydroxyl groups is 2. The van der Waals surface area contributed by atoms with E-state index < -0.39 is 73.2 Å². The SMILES string of the molecule is CC[C@]1(COP(=O)(NC(C)C(=O)OC(C)C)OCCSC(=O)C(C)(C)CO)O[C@@H](n2ccc(=O)[nH]c2=O)[C@H](F)[C@@H]1O. The lowest BCUT2D eigenvalue weighted by Crippen LogP contribution is -2.46. The number of H-pyrrole nitrogens is 1. The molecule has 0 amide bonds. The van der Waals surface area contributed by atoms with Gasteiger partial charge >= 0.3 is 19.4 Å². The second-order valence-corrected chi connectivity index (χ2v) is 13.3. The Kier molecular flexibility index (Phi) is 12.5. The molecule has 1 aromatic heterocycles. The highest BCUT2D eigenvalue weighted by Crippen LogP contribution is 2.49. The lowest BCUT2D eigenvalue weighted by Gasteiger charge is -2.32. The number of esters is 1. The van der Waals surface area contributed by atoms with Gasteiger partial charge in [-0.25, -0.2) is 18.8 Å². The Bertz CT molecular complexity index is 1230. The van der Waals surface area contributed by atoms with E-state index in [0.29, 0.717) is 0 Å². The zero-order valence-corrected chi connectivity index (χ0v) is 25.5. The van der Waals surface area contributed by atoms with E-state index in [1.165, 1.54) is 6.92 Å². The first kappa shape index (κ1) is 35.3. The van der Waals surface area contributed by atoms with Crippen LogP contribution in [0, 0.1) is 5.41 Å². The molecule has 4 N–H and O–H groups in total. The van der Waals surface area contributed by atoms with Crippen molar-refractivity contribution >= 4 is 30.6 Å². The first-order valence-electron chi connectivity index (χ1n) is 13.0. The van der Waals surface area contributed by atoms with Crippen molar-refractivity contribution in [3.63, 3.8) is 0 Å². The van der Waals surface area contributed by atoms with Crippen LogP contribution in [0.4, 0.5) is 4.39 Å². The minimum absolute atomic E-state index is 0.0178. The molecule has 0 aromatic carbocycles. The normalized spacial score (nSPS) is 25.2. The Hall–Kier alpha value is -1.91. The lowest BCUT2D eigenvalue weighted by atomic mass is 9.94. The van der Waals surface area contributed by atoms with Crippen molar-refractivity contribution in [2.75, 3.05) is 25.6 Å². The van der Waals surface area contributed by atoms with Gasteiger partial charge in [0, 0.05) is 18.0 Å². The van der Waals surface area contributed by atoms with E-state index in [-0.39, 0.29) is 30.5 Å². The molecule has 0 aliphatic carbocycles. The van der Waals surface area contributed by atoms with Crippen molar-refractivity contribution in [2.24, 2.45) is 5.41 Å². The average molecular weight is 628 g/mol. The van der Waals surface area contributed by atoms with Crippen LogP contribution in [0.3, 0.4) is 0 Å². The maximum atomic E-state index is 15.2. The summed E-state index contributed by atoms with van der Waals surface area (Å²) in [6.07, 6.45) is -5.12. The Balaban J connectivity index is 2.23. The van der Waals surface area contributed by atoms with Gasteiger partial charge in [-0.3, -0.25) is 33.0 Å². The van der Waals surface area contributed by atoms with Gasteiger partial charge in [0.2, 0.25) is 0 Å². The van der Waals surface area contributed by atoms with Crippen LogP contribution in [-0.4, -0.2) is 86.4 Å². The molecule has 2 unspecified atom stereocenters. The molecule has 1 aliphatic heterocycles. The van der Waals surface area contributed by atoms with E-state index in [1.54, 1.807) is 34.6 Å². The molecule has 14 nitrogen and oxygen atoms in total. The molecule has 17 heteroatoms. The fraction of sp³-hybridized carbons (Fsp3) is 0.750. The van der Waals surface area contributed by atoms with Crippen molar-refractivity contribution in [2.45, 2.75) is 84.2 Å². The monoisotopic (exact) mass is 627 g/mol. The summed E-state index contributed by atoms with van der Waals surface area (Å²) in [5.41, 5.74) is -4.48.